The number of ether oxygens (including phenoxy) is 2. The molecular weight excluding hydrogens is 428 g/mol. The smallest absolute Gasteiger partial charge is 0.338 e. The average molecular weight is 461 g/mol. The molecule has 34 heavy (non-hydrogen) atoms. The first-order valence-corrected chi connectivity index (χ1v) is 12.5. The Hall–Kier alpha value is -2.92. The Balaban J connectivity index is 1.26. The van der Waals surface area contributed by atoms with E-state index in [1.54, 1.807) is 12.1 Å². The van der Waals surface area contributed by atoms with Crippen LogP contribution in [0.25, 0.3) is 11.1 Å². The van der Waals surface area contributed by atoms with Crippen molar-refractivity contribution in [2.24, 2.45) is 17.8 Å². The Bertz CT molecular complexity index is 1020. The second kappa shape index (κ2) is 10.1. The highest BCUT2D eigenvalue weighted by Crippen LogP contribution is 2.44. The van der Waals surface area contributed by atoms with Gasteiger partial charge >= 0.3 is 11.9 Å². The number of carbonyl (C=O) groups is 2. The molecule has 2 aromatic carbocycles. The van der Waals surface area contributed by atoms with Crippen LogP contribution in [-0.2, 0) is 14.3 Å². The zero-order valence-corrected chi connectivity index (χ0v) is 19.3. The highest BCUT2D eigenvalue weighted by molar-refractivity contribution is 5.90. The molecule has 2 aromatic rings. The third-order valence-corrected chi connectivity index (χ3v) is 7.64. The van der Waals surface area contributed by atoms with Crippen molar-refractivity contribution in [3.05, 3.63) is 72.3 Å². The summed E-state index contributed by atoms with van der Waals surface area (Å²) in [6.45, 7) is 0. The van der Waals surface area contributed by atoms with Crippen molar-refractivity contribution in [3.8, 4) is 11.1 Å². The topological polar surface area (TPSA) is 72.8 Å². The summed E-state index contributed by atoms with van der Waals surface area (Å²) < 4.78 is 11.4. The molecule has 178 valence electrons. The first-order chi connectivity index (χ1) is 16.6. The highest BCUT2D eigenvalue weighted by Gasteiger charge is 2.50. The number of benzene rings is 2. The molecule has 5 nitrogen and oxygen atoms in total. The largest absolute Gasteiger partial charge is 0.462 e. The molecular formula is C29H32O5. The molecule has 0 bridgehead atoms. The molecule has 0 radical (unpaired) electrons. The predicted molar refractivity (Wildman–Crippen MR) is 129 cm³/mol. The molecule has 5 rings (SSSR count). The van der Waals surface area contributed by atoms with E-state index in [4.69, 9.17) is 9.47 Å². The number of hydrogen-bond acceptors (Lipinski definition) is 5. The van der Waals surface area contributed by atoms with Gasteiger partial charge in [-0.25, -0.2) is 4.79 Å². The van der Waals surface area contributed by atoms with Crippen LogP contribution in [0.2, 0.25) is 0 Å². The van der Waals surface area contributed by atoms with Crippen molar-refractivity contribution in [1.82, 2.24) is 0 Å². The molecule has 0 spiro atoms. The summed E-state index contributed by atoms with van der Waals surface area (Å²) in [6.07, 6.45) is 9.14. The maximum Gasteiger partial charge on any atom is 0.338 e. The normalized spacial score (nSPS) is 27.6. The van der Waals surface area contributed by atoms with Gasteiger partial charge in [0.05, 0.1) is 18.1 Å². The first kappa shape index (κ1) is 22.9. The number of fused-ring (bicyclic) bond motifs is 1. The number of aliphatic hydroxyl groups is 1. The van der Waals surface area contributed by atoms with Crippen molar-refractivity contribution < 1.29 is 24.2 Å². The van der Waals surface area contributed by atoms with Crippen molar-refractivity contribution in [2.75, 3.05) is 0 Å². The van der Waals surface area contributed by atoms with Crippen LogP contribution in [0.15, 0.2) is 66.7 Å². The molecule has 1 heterocycles. The fraction of sp³-hybridized carbons (Fsp3) is 0.448. The van der Waals surface area contributed by atoms with Gasteiger partial charge in [0.1, 0.15) is 12.2 Å². The summed E-state index contributed by atoms with van der Waals surface area (Å²) in [5, 5.41) is 10.5. The fourth-order valence-electron chi connectivity index (χ4n) is 5.85. The van der Waals surface area contributed by atoms with Gasteiger partial charge in [-0.2, -0.15) is 0 Å². The number of aliphatic hydroxyl groups excluding tert-OH is 1. The zero-order chi connectivity index (χ0) is 23.5. The Morgan fingerprint density at radius 1 is 1.06 bits per heavy atom. The van der Waals surface area contributed by atoms with E-state index in [1.807, 2.05) is 54.6 Å². The van der Waals surface area contributed by atoms with Gasteiger partial charge < -0.3 is 14.6 Å². The highest BCUT2D eigenvalue weighted by atomic mass is 16.6. The van der Waals surface area contributed by atoms with Crippen LogP contribution in [-0.4, -0.2) is 35.4 Å². The monoisotopic (exact) mass is 460 g/mol. The third kappa shape index (κ3) is 5.10. The zero-order valence-electron chi connectivity index (χ0n) is 19.3. The lowest BCUT2D eigenvalue weighted by molar-refractivity contribution is -0.141. The van der Waals surface area contributed by atoms with Crippen molar-refractivity contribution >= 4 is 11.9 Å². The van der Waals surface area contributed by atoms with Crippen LogP contribution in [0.5, 0.6) is 0 Å². The van der Waals surface area contributed by atoms with Gasteiger partial charge in [0.25, 0.3) is 0 Å². The molecule has 2 saturated carbocycles. The Morgan fingerprint density at radius 2 is 1.76 bits per heavy atom. The third-order valence-electron chi connectivity index (χ3n) is 7.64. The molecule has 3 fully saturated rings. The van der Waals surface area contributed by atoms with E-state index in [2.05, 4.69) is 0 Å². The van der Waals surface area contributed by atoms with E-state index in [-0.39, 0.29) is 36.0 Å². The summed E-state index contributed by atoms with van der Waals surface area (Å²) in [7, 11) is 0. The summed E-state index contributed by atoms with van der Waals surface area (Å²) in [5.41, 5.74) is 2.63. The molecule has 0 amide bonds. The molecule has 5 atom stereocenters. The maximum atomic E-state index is 12.9. The van der Waals surface area contributed by atoms with E-state index >= 15 is 0 Å². The van der Waals surface area contributed by atoms with Gasteiger partial charge in [0.2, 0.25) is 0 Å². The summed E-state index contributed by atoms with van der Waals surface area (Å²) in [5.74, 6) is -0.134. The molecule has 1 saturated heterocycles. The van der Waals surface area contributed by atoms with Crippen LogP contribution in [0, 0.1) is 17.8 Å². The van der Waals surface area contributed by atoms with Crippen LogP contribution in [0.1, 0.15) is 55.3 Å². The van der Waals surface area contributed by atoms with Gasteiger partial charge in [-0.05, 0) is 35.6 Å². The molecule has 5 heteroatoms. The van der Waals surface area contributed by atoms with Crippen molar-refractivity contribution in [2.45, 2.75) is 63.3 Å². The minimum Gasteiger partial charge on any atom is -0.462 e. The van der Waals surface area contributed by atoms with Crippen molar-refractivity contribution in [3.63, 3.8) is 0 Å². The Kier molecular flexibility index (Phi) is 6.82. The number of esters is 2. The summed E-state index contributed by atoms with van der Waals surface area (Å²) >= 11 is 0. The van der Waals surface area contributed by atoms with E-state index in [1.165, 1.54) is 25.7 Å². The number of rotatable bonds is 7. The molecule has 0 aromatic heterocycles. The lowest BCUT2D eigenvalue weighted by Crippen LogP contribution is -2.25. The van der Waals surface area contributed by atoms with Crippen LogP contribution in [0.3, 0.4) is 0 Å². The SMILES string of the molecule is O=C1C[C@@H]2[C@@H](/C=C/C(O)CC3CCCC3)[C@H](OC(=O)c3ccc(-c4ccccc4)cc3)C[C@@H]2O1. The van der Waals surface area contributed by atoms with Gasteiger partial charge in [-0.15, -0.1) is 0 Å². The molecule has 1 N–H and O–H groups in total. The summed E-state index contributed by atoms with van der Waals surface area (Å²) in [4.78, 5) is 24.8. The van der Waals surface area contributed by atoms with E-state index < -0.39 is 6.10 Å². The van der Waals surface area contributed by atoms with Crippen LogP contribution >= 0.6 is 0 Å². The fourth-order valence-corrected chi connectivity index (χ4v) is 5.85. The first-order valence-electron chi connectivity index (χ1n) is 12.5. The average Bonchev–Trinajstić information content (AvgIpc) is 3.55. The lowest BCUT2D eigenvalue weighted by Gasteiger charge is -2.21. The van der Waals surface area contributed by atoms with Gasteiger partial charge in [-0.1, -0.05) is 80.3 Å². The second-order valence-electron chi connectivity index (χ2n) is 9.93. The van der Waals surface area contributed by atoms with Gasteiger partial charge in [0, 0.05) is 18.3 Å². The van der Waals surface area contributed by atoms with E-state index in [9.17, 15) is 14.7 Å². The lowest BCUT2D eigenvalue weighted by atomic mass is 9.90. The molecule has 1 unspecified atom stereocenters. The second-order valence-corrected chi connectivity index (χ2v) is 9.93. The Labute approximate surface area is 200 Å². The summed E-state index contributed by atoms with van der Waals surface area (Å²) in [6, 6.07) is 17.4. The van der Waals surface area contributed by atoms with Gasteiger partial charge in [-0.3, -0.25) is 4.79 Å². The number of carbonyl (C=O) groups excluding carboxylic acids is 2. The number of hydrogen-bond donors (Lipinski definition) is 1. The van der Waals surface area contributed by atoms with Gasteiger partial charge in [0.15, 0.2) is 0 Å². The molecule has 2 aliphatic carbocycles. The minimum atomic E-state index is -0.512. The quantitative estimate of drug-likeness (QED) is 0.447. The van der Waals surface area contributed by atoms with E-state index in [0.29, 0.717) is 24.3 Å². The predicted octanol–water partition coefficient (Wildman–Crippen LogP) is 5.33. The van der Waals surface area contributed by atoms with Crippen LogP contribution < -0.4 is 0 Å². The Morgan fingerprint density at radius 3 is 2.50 bits per heavy atom. The molecule has 3 aliphatic rings. The van der Waals surface area contributed by atoms with Crippen molar-refractivity contribution in [1.29, 1.82) is 0 Å². The minimum absolute atomic E-state index is 0.0133. The molecule has 1 aliphatic heterocycles. The van der Waals surface area contributed by atoms with Crippen LogP contribution in [0.4, 0.5) is 0 Å². The standard InChI is InChI=1S/C29H32O5/c30-23(16-19-6-4-5-7-19)14-15-24-25-17-28(31)33-27(25)18-26(24)34-29(32)22-12-10-21(11-13-22)20-8-2-1-3-9-20/h1-3,8-15,19,23-27,30H,4-7,16-18H2/b15-14+/t23?,24-,25-,26-,27+/m1/s1. The maximum absolute atomic E-state index is 12.9. The van der Waals surface area contributed by atoms with E-state index in [0.717, 1.165) is 17.5 Å².